The third kappa shape index (κ3) is 7.18. The first-order valence-corrected chi connectivity index (χ1v) is 9.80. The summed E-state index contributed by atoms with van der Waals surface area (Å²) in [5, 5.41) is 15.0. The van der Waals surface area contributed by atoms with E-state index >= 15 is 0 Å². The van der Waals surface area contributed by atoms with E-state index in [4.69, 9.17) is 5.26 Å². The number of nitrogens with zero attached hydrogens (tertiary/aromatic N) is 3. The molecular weight excluding hydrogens is 366 g/mol. The molecule has 29 heavy (non-hydrogen) atoms. The van der Waals surface area contributed by atoms with E-state index in [9.17, 15) is 9.59 Å². The number of carbonyl (C=O) groups excluding carboxylic acids is 2. The maximum absolute atomic E-state index is 12.7. The second-order valence-electron chi connectivity index (χ2n) is 7.15. The van der Waals surface area contributed by atoms with Crippen molar-refractivity contribution < 1.29 is 9.59 Å². The van der Waals surface area contributed by atoms with E-state index in [0.717, 1.165) is 5.57 Å². The van der Waals surface area contributed by atoms with Crippen LogP contribution in [0.5, 0.6) is 0 Å². The molecule has 154 valence electrons. The van der Waals surface area contributed by atoms with Crippen molar-refractivity contribution in [3.63, 3.8) is 0 Å². The Kier molecular flexibility index (Phi) is 8.59. The minimum Gasteiger partial charge on any atom is -0.354 e. The van der Waals surface area contributed by atoms with E-state index in [1.54, 1.807) is 18.0 Å². The van der Waals surface area contributed by atoms with Gasteiger partial charge in [0.2, 0.25) is 11.8 Å². The van der Waals surface area contributed by atoms with Crippen molar-refractivity contribution in [1.29, 1.82) is 5.26 Å². The largest absolute Gasteiger partial charge is 0.354 e. The summed E-state index contributed by atoms with van der Waals surface area (Å²) in [6.07, 6.45) is 16.6. The van der Waals surface area contributed by atoms with Crippen molar-refractivity contribution in [3.05, 3.63) is 59.8 Å². The van der Waals surface area contributed by atoms with Crippen LogP contribution in [0, 0.1) is 17.2 Å². The minimum atomic E-state index is -0.343. The molecule has 0 saturated carbocycles. The summed E-state index contributed by atoms with van der Waals surface area (Å²) in [4.78, 5) is 25.1. The Morgan fingerprint density at radius 3 is 2.79 bits per heavy atom. The first kappa shape index (κ1) is 22.3. The predicted molar refractivity (Wildman–Crippen MR) is 113 cm³/mol. The topological polar surface area (TPSA) is 88.5 Å². The van der Waals surface area contributed by atoms with Crippen LogP contribution < -0.4 is 10.9 Å². The fourth-order valence-corrected chi connectivity index (χ4v) is 2.84. The van der Waals surface area contributed by atoms with Crippen LogP contribution >= 0.6 is 0 Å². The lowest BCUT2D eigenvalue weighted by Gasteiger charge is -2.32. The van der Waals surface area contributed by atoms with Crippen LogP contribution in [-0.4, -0.2) is 48.0 Å². The van der Waals surface area contributed by atoms with Gasteiger partial charge in [0.1, 0.15) is 6.54 Å². The van der Waals surface area contributed by atoms with Gasteiger partial charge < -0.3 is 5.32 Å². The molecule has 2 N–H and O–H groups in total. The van der Waals surface area contributed by atoms with Crippen molar-refractivity contribution in [1.82, 2.24) is 20.9 Å². The molecule has 7 heteroatoms. The fourth-order valence-electron chi connectivity index (χ4n) is 2.84. The number of carbonyl (C=O) groups is 2. The molecule has 1 aliphatic heterocycles. The number of likely N-dealkylation sites (N-methyl/N-ethyl adjacent to an activating group) is 1. The van der Waals surface area contributed by atoms with Crippen molar-refractivity contribution in [2.24, 2.45) is 5.92 Å². The van der Waals surface area contributed by atoms with Crippen LogP contribution in [0.4, 0.5) is 0 Å². The Labute approximate surface area is 172 Å². The summed E-state index contributed by atoms with van der Waals surface area (Å²) in [6, 6.07) is 2.18. The van der Waals surface area contributed by atoms with Crippen LogP contribution in [0.25, 0.3) is 0 Å². The van der Waals surface area contributed by atoms with Gasteiger partial charge in [0.05, 0.1) is 12.0 Å². The van der Waals surface area contributed by atoms with E-state index in [0.29, 0.717) is 25.0 Å². The standard InChI is InChI=1S/C22H29N5O2/c1-17-7-4-5-8-18(2)26(3)25-27(22(17)29)16-21(28)24-14-13-19-9-6-10-20(15-23)12-11-19/h4-5,7-12,17-18,25H,6,13-14,16H2,1-3H3,(H,24,28)/b7-4-,8-5-. The van der Waals surface area contributed by atoms with Gasteiger partial charge in [-0.05, 0) is 31.4 Å². The zero-order valence-electron chi connectivity index (χ0n) is 17.3. The van der Waals surface area contributed by atoms with E-state index in [1.165, 1.54) is 5.01 Å². The van der Waals surface area contributed by atoms with E-state index in [-0.39, 0.29) is 30.3 Å². The molecule has 2 amide bonds. The van der Waals surface area contributed by atoms with Gasteiger partial charge >= 0.3 is 0 Å². The molecule has 0 aromatic rings. The second kappa shape index (κ2) is 11.1. The lowest BCUT2D eigenvalue weighted by molar-refractivity contribution is -0.146. The van der Waals surface area contributed by atoms with Crippen molar-refractivity contribution in [3.8, 4) is 6.07 Å². The minimum absolute atomic E-state index is 0.0484. The molecule has 1 heterocycles. The second-order valence-corrected chi connectivity index (χ2v) is 7.15. The van der Waals surface area contributed by atoms with Gasteiger partial charge in [0.15, 0.2) is 0 Å². The van der Waals surface area contributed by atoms with Gasteiger partial charge in [-0.1, -0.05) is 49.5 Å². The smallest absolute Gasteiger partial charge is 0.244 e. The predicted octanol–water partition coefficient (Wildman–Crippen LogP) is 2.16. The van der Waals surface area contributed by atoms with Crippen molar-refractivity contribution in [2.45, 2.75) is 32.7 Å². The van der Waals surface area contributed by atoms with Crippen LogP contribution in [0.1, 0.15) is 26.7 Å². The zero-order chi connectivity index (χ0) is 21.2. The molecule has 0 radical (unpaired) electrons. The van der Waals surface area contributed by atoms with Crippen LogP contribution in [0.2, 0.25) is 0 Å². The van der Waals surface area contributed by atoms with E-state index < -0.39 is 0 Å². The van der Waals surface area contributed by atoms with Gasteiger partial charge in [-0.15, -0.1) is 0 Å². The first-order chi connectivity index (χ1) is 13.9. The van der Waals surface area contributed by atoms with Crippen molar-refractivity contribution in [2.75, 3.05) is 20.1 Å². The summed E-state index contributed by atoms with van der Waals surface area (Å²) in [5.74, 6) is -0.746. The van der Waals surface area contributed by atoms with Crippen LogP contribution in [-0.2, 0) is 9.59 Å². The molecule has 0 fully saturated rings. The summed E-state index contributed by atoms with van der Waals surface area (Å²) in [7, 11) is 1.83. The molecule has 0 spiro atoms. The lowest BCUT2D eigenvalue weighted by Crippen LogP contribution is -2.57. The number of nitriles is 1. The number of amides is 2. The summed E-state index contributed by atoms with van der Waals surface area (Å²) >= 11 is 0. The normalized spacial score (nSPS) is 25.3. The average Bonchev–Trinajstić information content (AvgIpc) is 2.94. The molecule has 0 saturated heterocycles. The Balaban J connectivity index is 1.90. The molecule has 2 unspecified atom stereocenters. The Hall–Kier alpha value is -2.95. The highest BCUT2D eigenvalue weighted by molar-refractivity contribution is 5.86. The van der Waals surface area contributed by atoms with Gasteiger partial charge in [0, 0.05) is 25.2 Å². The van der Waals surface area contributed by atoms with E-state index in [1.807, 2.05) is 56.5 Å². The maximum atomic E-state index is 12.7. The molecule has 0 aromatic heterocycles. The number of nitrogens with one attached hydrogen (secondary N) is 2. The number of hydrazine groups is 2. The summed E-state index contributed by atoms with van der Waals surface area (Å²) in [5.41, 5.74) is 4.73. The molecule has 2 atom stereocenters. The number of allylic oxidation sites excluding steroid dienone is 7. The molecule has 0 bridgehead atoms. The van der Waals surface area contributed by atoms with Crippen molar-refractivity contribution >= 4 is 11.8 Å². The SMILES string of the molecule is CC1/C=C\C=C/C(C)N(C)NN(CC(=O)NCCC2=CCC=C(C#N)C=C2)C1=O. The highest BCUT2D eigenvalue weighted by Gasteiger charge is 2.23. The fraction of sp³-hybridized carbons (Fsp3) is 0.409. The number of rotatable bonds is 5. The van der Waals surface area contributed by atoms with E-state index in [2.05, 4.69) is 16.9 Å². The Morgan fingerprint density at radius 2 is 2.03 bits per heavy atom. The van der Waals surface area contributed by atoms with Crippen LogP contribution in [0.3, 0.4) is 0 Å². The Morgan fingerprint density at radius 1 is 1.28 bits per heavy atom. The summed E-state index contributed by atoms with van der Waals surface area (Å²) in [6.45, 7) is 4.18. The third-order valence-electron chi connectivity index (χ3n) is 4.81. The number of hydrogen-bond acceptors (Lipinski definition) is 5. The number of hydrogen-bond donors (Lipinski definition) is 2. The Bertz CT molecular complexity index is 801. The third-order valence-corrected chi connectivity index (χ3v) is 4.81. The molecular formula is C22H29N5O2. The lowest BCUT2D eigenvalue weighted by atomic mass is 10.1. The molecule has 7 nitrogen and oxygen atoms in total. The average molecular weight is 396 g/mol. The highest BCUT2D eigenvalue weighted by Crippen LogP contribution is 2.12. The molecule has 2 rings (SSSR count). The molecule has 1 aliphatic carbocycles. The van der Waals surface area contributed by atoms with Gasteiger partial charge in [-0.25, -0.2) is 5.01 Å². The molecule has 2 aliphatic rings. The summed E-state index contributed by atoms with van der Waals surface area (Å²) < 4.78 is 0. The quantitative estimate of drug-likeness (QED) is 0.745. The van der Waals surface area contributed by atoms with Crippen LogP contribution in [0.15, 0.2) is 59.8 Å². The van der Waals surface area contributed by atoms with Gasteiger partial charge in [-0.3, -0.25) is 14.6 Å². The monoisotopic (exact) mass is 395 g/mol. The maximum Gasteiger partial charge on any atom is 0.244 e. The van der Waals surface area contributed by atoms with Gasteiger partial charge in [-0.2, -0.15) is 10.8 Å². The molecule has 0 aromatic carbocycles. The zero-order valence-corrected chi connectivity index (χ0v) is 17.3. The highest BCUT2D eigenvalue weighted by atomic mass is 16.2. The van der Waals surface area contributed by atoms with Gasteiger partial charge in [0.25, 0.3) is 0 Å². The first-order valence-electron chi connectivity index (χ1n) is 9.80.